The zero-order valence-electron chi connectivity index (χ0n) is 17.4. The number of rotatable bonds is 6. The summed E-state index contributed by atoms with van der Waals surface area (Å²) in [7, 11) is -3.52. The Bertz CT molecular complexity index is 1030. The highest BCUT2D eigenvalue weighted by Gasteiger charge is 2.30. The molecular formula is C23H29N3O3S. The molecule has 6 nitrogen and oxygen atoms in total. The maximum atomic E-state index is 13.1. The van der Waals surface area contributed by atoms with Crippen molar-refractivity contribution in [3.63, 3.8) is 0 Å². The van der Waals surface area contributed by atoms with Crippen LogP contribution in [0.1, 0.15) is 30.0 Å². The first-order chi connectivity index (χ1) is 14.5. The second-order valence-corrected chi connectivity index (χ2v) is 9.87. The highest BCUT2D eigenvalue weighted by atomic mass is 32.2. The summed E-state index contributed by atoms with van der Waals surface area (Å²) in [5.74, 6) is -0.00418. The van der Waals surface area contributed by atoms with E-state index in [1.54, 1.807) is 11.0 Å². The van der Waals surface area contributed by atoms with Gasteiger partial charge in [-0.3, -0.25) is 4.79 Å². The van der Waals surface area contributed by atoms with Crippen molar-refractivity contribution in [2.45, 2.75) is 37.5 Å². The van der Waals surface area contributed by atoms with Crippen molar-refractivity contribution in [1.29, 1.82) is 0 Å². The van der Waals surface area contributed by atoms with Crippen LogP contribution in [0.15, 0.2) is 47.4 Å². The van der Waals surface area contributed by atoms with Crippen molar-refractivity contribution in [2.24, 2.45) is 0 Å². The lowest BCUT2D eigenvalue weighted by atomic mass is 10.1. The molecule has 0 bridgehead atoms. The van der Waals surface area contributed by atoms with Crippen LogP contribution in [0.3, 0.4) is 0 Å². The number of anilines is 1. The van der Waals surface area contributed by atoms with Crippen molar-refractivity contribution in [2.75, 3.05) is 38.0 Å². The van der Waals surface area contributed by atoms with E-state index in [0.29, 0.717) is 31.1 Å². The van der Waals surface area contributed by atoms with Gasteiger partial charge in [0.25, 0.3) is 0 Å². The first-order valence-electron chi connectivity index (χ1n) is 10.7. The molecule has 7 heteroatoms. The van der Waals surface area contributed by atoms with Gasteiger partial charge in [-0.2, -0.15) is 4.31 Å². The maximum absolute atomic E-state index is 13.1. The zero-order chi connectivity index (χ0) is 21.1. The monoisotopic (exact) mass is 427 g/mol. The van der Waals surface area contributed by atoms with Crippen LogP contribution in [0.25, 0.3) is 0 Å². The van der Waals surface area contributed by atoms with Crippen molar-refractivity contribution in [1.82, 2.24) is 9.21 Å². The first-order valence-corrected chi connectivity index (χ1v) is 12.1. The second-order valence-electron chi connectivity index (χ2n) is 7.93. The van der Waals surface area contributed by atoms with Gasteiger partial charge in [0.1, 0.15) is 0 Å². The third-order valence-corrected chi connectivity index (χ3v) is 8.02. The summed E-state index contributed by atoms with van der Waals surface area (Å²) in [5.41, 5.74) is 4.58. The van der Waals surface area contributed by atoms with Crippen LogP contribution in [-0.4, -0.2) is 56.3 Å². The fourth-order valence-electron chi connectivity index (χ4n) is 4.32. The van der Waals surface area contributed by atoms with Crippen LogP contribution in [0, 0.1) is 0 Å². The van der Waals surface area contributed by atoms with E-state index < -0.39 is 10.0 Å². The smallest absolute Gasteiger partial charge is 0.243 e. The Balaban J connectivity index is 1.34. The molecule has 2 aromatic rings. The fraction of sp³-hybridized carbons (Fsp3) is 0.435. The van der Waals surface area contributed by atoms with Gasteiger partial charge in [-0.1, -0.05) is 31.2 Å². The van der Waals surface area contributed by atoms with Gasteiger partial charge in [0, 0.05) is 31.9 Å². The number of para-hydroxylation sites is 1. The Labute approximate surface area is 178 Å². The van der Waals surface area contributed by atoms with Gasteiger partial charge in [-0.15, -0.1) is 0 Å². The standard InChI is InChI=1S/C23H29N3O3S/c1-2-18-6-3-4-9-22(18)24-17-23(27)25-12-14-26(15-13-25)30(28,29)21-11-10-19-7-5-8-20(19)16-21/h3-4,6,9-11,16,24H,2,5,7-8,12-15,17H2,1H3. The van der Waals surface area contributed by atoms with Crippen LogP contribution in [0.4, 0.5) is 5.69 Å². The zero-order valence-corrected chi connectivity index (χ0v) is 18.2. The van der Waals surface area contributed by atoms with Crippen LogP contribution < -0.4 is 5.32 Å². The Morgan fingerprint density at radius 2 is 1.73 bits per heavy atom. The van der Waals surface area contributed by atoms with E-state index in [1.807, 2.05) is 30.3 Å². The summed E-state index contributed by atoms with van der Waals surface area (Å²) in [4.78, 5) is 14.7. The number of nitrogens with zero attached hydrogens (tertiary/aromatic N) is 2. The van der Waals surface area contributed by atoms with E-state index in [2.05, 4.69) is 18.3 Å². The van der Waals surface area contributed by atoms with E-state index in [1.165, 1.54) is 15.4 Å². The largest absolute Gasteiger partial charge is 0.376 e. The highest BCUT2D eigenvalue weighted by Crippen LogP contribution is 2.26. The molecule has 1 fully saturated rings. The van der Waals surface area contributed by atoms with Gasteiger partial charge in [0.15, 0.2) is 0 Å². The third kappa shape index (κ3) is 4.23. The number of aryl methyl sites for hydroxylation is 3. The first kappa shape index (κ1) is 20.9. The lowest BCUT2D eigenvalue weighted by Gasteiger charge is -2.34. The van der Waals surface area contributed by atoms with Crippen molar-refractivity contribution < 1.29 is 13.2 Å². The lowest BCUT2D eigenvalue weighted by molar-refractivity contribution is -0.130. The van der Waals surface area contributed by atoms with E-state index in [4.69, 9.17) is 0 Å². The fourth-order valence-corrected chi connectivity index (χ4v) is 5.79. The van der Waals surface area contributed by atoms with E-state index in [9.17, 15) is 13.2 Å². The Morgan fingerprint density at radius 1 is 1.00 bits per heavy atom. The molecular weight excluding hydrogens is 398 g/mol. The van der Waals surface area contributed by atoms with Crippen molar-refractivity contribution >= 4 is 21.6 Å². The number of amides is 1. The van der Waals surface area contributed by atoms with E-state index in [0.717, 1.165) is 36.9 Å². The number of carbonyl (C=O) groups is 1. The molecule has 1 aliphatic heterocycles. The van der Waals surface area contributed by atoms with Gasteiger partial charge >= 0.3 is 0 Å². The molecule has 0 spiro atoms. The predicted octanol–water partition coefficient (Wildman–Crippen LogP) is 2.68. The molecule has 0 aromatic heterocycles. The number of sulfonamides is 1. The van der Waals surface area contributed by atoms with Crippen LogP contribution in [0.2, 0.25) is 0 Å². The molecule has 1 heterocycles. The number of piperazine rings is 1. The summed E-state index contributed by atoms with van der Waals surface area (Å²) in [6.45, 7) is 3.80. The average Bonchev–Trinajstić information content (AvgIpc) is 3.25. The molecule has 1 aliphatic carbocycles. The molecule has 1 saturated heterocycles. The minimum atomic E-state index is -3.52. The molecule has 1 N–H and O–H groups in total. The number of benzene rings is 2. The molecule has 0 saturated carbocycles. The molecule has 4 rings (SSSR count). The number of fused-ring (bicyclic) bond motifs is 1. The number of carbonyl (C=O) groups excluding carboxylic acids is 1. The normalized spacial score (nSPS) is 17.0. The minimum absolute atomic E-state index is 0.00418. The average molecular weight is 428 g/mol. The summed E-state index contributed by atoms with van der Waals surface area (Å²) in [6.07, 6.45) is 3.98. The molecule has 2 aliphatic rings. The number of hydrogen-bond donors (Lipinski definition) is 1. The number of nitrogens with one attached hydrogen (secondary N) is 1. The van der Waals surface area contributed by atoms with Crippen molar-refractivity contribution in [3.05, 3.63) is 59.2 Å². The molecule has 0 atom stereocenters. The Hall–Kier alpha value is -2.38. The summed E-state index contributed by atoms with van der Waals surface area (Å²) >= 11 is 0. The molecule has 30 heavy (non-hydrogen) atoms. The van der Waals surface area contributed by atoms with Gasteiger partial charge in [0.05, 0.1) is 11.4 Å². The molecule has 0 radical (unpaired) electrons. The number of hydrogen-bond acceptors (Lipinski definition) is 4. The van der Waals surface area contributed by atoms with Crippen LogP contribution in [0.5, 0.6) is 0 Å². The van der Waals surface area contributed by atoms with Crippen LogP contribution >= 0.6 is 0 Å². The van der Waals surface area contributed by atoms with Gasteiger partial charge in [0.2, 0.25) is 15.9 Å². The summed E-state index contributed by atoms with van der Waals surface area (Å²) < 4.78 is 27.6. The molecule has 2 aromatic carbocycles. The molecule has 0 unspecified atom stereocenters. The van der Waals surface area contributed by atoms with Gasteiger partial charge in [-0.25, -0.2) is 8.42 Å². The van der Waals surface area contributed by atoms with E-state index >= 15 is 0 Å². The highest BCUT2D eigenvalue weighted by molar-refractivity contribution is 7.89. The second kappa shape index (κ2) is 8.78. The lowest BCUT2D eigenvalue weighted by Crippen LogP contribution is -2.51. The van der Waals surface area contributed by atoms with Crippen molar-refractivity contribution in [3.8, 4) is 0 Å². The Kier molecular flexibility index (Phi) is 6.11. The quantitative estimate of drug-likeness (QED) is 0.770. The van der Waals surface area contributed by atoms with E-state index in [-0.39, 0.29) is 12.5 Å². The minimum Gasteiger partial charge on any atom is -0.376 e. The van der Waals surface area contributed by atoms with Gasteiger partial charge < -0.3 is 10.2 Å². The summed E-state index contributed by atoms with van der Waals surface area (Å²) in [6, 6.07) is 13.5. The Morgan fingerprint density at radius 3 is 2.50 bits per heavy atom. The van der Waals surface area contributed by atoms with Crippen LogP contribution in [-0.2, 0) is 34.1 Å². The van der Waals surface area contributed by atoms with Gasteiger partial charge in [-0.05, 0) is 60.6 Å². The SMILES string of the molecule is CCc1ccccc1NCC(=O)N1CCN(S(=O)(=O)c2ccc3c(c2)CCC3)CC1. The topological polar surface area (TPSA) is 69.7 Å². The third-order valence-electron chi connectivity index (χ3n) is 6.13. The maximum Gasteiger partial charge on any atom is 0.243 e. The molecule has 1 amide bonds. The molecule has 160 valence electrons. The summed E-state index contributed by atoms with van der Waals surface area (Å²) in [5, 5.41) is 3.23. The predicted molar refractivity (Wildman–Crippen MR) is 118 cm³/mol.